The average Bonchev–Trinajstić information content (AvgIpc) is 2.98. The van der Waals surface area contributed by atoms with Crippen LogP contribution in [0.4, 0.5) is 17.6 Å². The van der Waals surface area contributed by atoms with Gasteiger partial charge in [0.15, 0.2) is 0 Å². The minimum Gasteiger partial charge on any atom is -0.373 e. The Morgan fingerprint density at radius 1 is 1.27 bits per heavy atom. The molecule has 0 saturated heterocycles. The lowest BCUT2D eigenvalue weighted by atomic mass is 10.0. The number of imidazole rings is 1. The average molecular weight is 371 g/mol. The van der Waals surface area contributed by atoms with E-state index >= 15 is 0 Å². The normalized spacial score (nSPS) is 19.8. The van der Waals surface area contributed by atoms with Crippen LogP contribution < -0.4 is 0 Å². The number of carbonyl (C=O) groups excluding carboxylic acids is 1. The number of nitrogens with zero attached hydrogens (tertiary/aromatic N) is 3. The van der Waals surface area contributed by atoms with Gasteiger partial charge in [-0.1, -0.05) is 0 Å². The topological polar surface area (TPSA) is 58.4 Å². The van der Waals surface area contributed by atoms with E-state index in [4.69, 9.17) is 0 Å². The fourth-order valence-electron chi connectivity index (χ4n) is 3.06. The third-order valence-corrected chi connectivity index (χ3v) is 4.51. The number of hydrogen-bond acceptors (Lipinski definition) is 3. The lowest BCUT2D eigenvalue weighted by molar-refractivity contribution is -0.251. The zero-order valence-corrected chi connectivity index (χ0v) is 14.1. The highest BCUT2D eigenvalue weighted by molar-refractivity contribution is 5.85. The zero-order valence-electron chi connectivity index (χ0n) is 14.1. The Balaban J connectivity index is 1.91. The Morgan fingerprint density at radius 3 is 2.46 bits per heavy atom. The Bertz CT molecular complexity index is 828. The molecule has 1 aromatic heterocycles. The van der Waals surface area contributed by atoms with Crippen LogP contribution in [0.3, 0.4) is 0 Å². The molecule has 2 atom stereocenters. The Morgan fingerprint density at radius 2 is 1.88 bits per heavy atom. The summed E-state index contributed by atoms with van der Waals surface area (Å²) in [6.45, 7) is 2.07. The maximum atomic E-state index is 13.1. The summed E-state index contributed by atoms with van der Waals surface area (Å²) >= 11 is 0. The van der Waals surface area contributed by atoms with E-state index in [1.807, 2.05) is 0 Å². The quantitative estimate of drug-likeness (QED) is 0.826. The monoisotopic (exact) mass is 371 g/mol. The highest BCUT2D eigenvalue weighted by Gasteiger charge is 2.57. The van der Waals surface area contributed by atoms with Crippen LogP contribution in [0.2, 0.25) is 0 Å². The van der Waals surface area contributed by atoms with Crippen LogP contribution >= 0.6 is 0 Å². The van der Waals surface area contributed by atoms with Gasteiger partial charge in [0.05, 0.1) is 24.5 Å². The second-order valence-electron chi connectivity index (χ2n) is 6.55. The van der Waals surface area contributed by atoms with E-state index < -0.39 is 23.5 Å². The molecule has 26 heavy (non-hydrogen) atoms. The molecule has 1 N–H and O–H groups in total. The second kappa shape index (κ2) is 6.08. The first-order chi connectivity index (χ1) is 12.0. The summed E-state index contributed by atoms with van der Waals surface area (Å²) in [6.07, 6.45) is -3.60. The number of rotatable bonds is 2. The van der Waals surface area contributed by atoms with Crippen molar-refractivity contribution < 1.29 is 27.5 Å². The van der Waals surface area contributed by atoms with Gasteiger partial charge in [-0.25, -0.2) is 9.37 Å². The van der Waals surface area contributed by atoms with Gasteiger partial charge in [0.25, 0.3) is 5.91 Å². The number of carbonyl (C=O) groups is 1. The van der Waals surface area contributed by atoms with Crippen molar-refractivity contribution in [3.05, 3.63) is 42.0 Å². The molecular formula is C17H17F4N3O2. The highest BCUT2D eigenvalue weighted by Crippen LogP contribution is 2.35. The summed E-state index contributed by atoms with van der Waals surface area (Å²) in [5, 5.41) is 9.64. The van der Waals surface area contributed by atoms with Crippen LogP contribution in [0.5, 0.6) is 0 Å². The highest BCUT2D eigenvalue weighted by atomic mass is 19.4. The summed E-state index contributed by atoms with van der Waals surface area (Å²) in [5.74, 6) is -1.24. The van der Waals surface area contributed by atoms with Crippen molar-refractivity contribution in [1.29, 1.82) is 0 Å². The predicted octanol–water partition coefficient (Wildman–Crippen LogP) is 2.91. The molecule has 1 aliphatic rings. The minimum absolute atomic E-state index is 0.0113. The van der Waals surface area contributed by atoms with Gasteiger partial charge in [-0.15, -0.1) is 0 Å². The van der Waals surface area contributed by atoms with E-state index in [1.165, 1.54) is 18.3 Å². The van der Waals surface area contributed by atoms with E-state index in [0.29, 0.717) is 24.0 Å². The van der Waals surface area contributed by atoms with Crippen LogP contribution in [-0.4, -0.2) is 43.8 Å². The number of halogens is 4. The van der Waals surface area contributed by atoms with E-state index in [-0.39, 0.29) is 19.1 Å². The number of fused-ring (bicyclic) bond motifs is 1. The summed E-state index contributed by atoms with van der Waals surface area (Å²) in [4.78, 5) is 17.5. The molecule has 0 radical (unpaired) electrons. The molecule has 0 unspecified atom stereocenters. The molecular weight excluding hydrogens is 354 g/mol. The summed E-state index contributed by atoms with van der Waals surface area (Å²) in [6, 6.07) is 5.34. The number of aromatic nitrogens is 2. The Hall–Kier alpha value is -2.42. The smallest absolute Gasteiger partial charge is 0.373 e. The van der Waals surface area contributed by atoms with Gasteiger partial charge in [-0.2, -0.15) is 13.2 Å². The van der Waals surface area contributed by atoms with E-state index in [2.05, 4.69) is 4.98 Å². The minimum atomic E-state index is -5.07. The third kappa shape index (κ3) is 2.96. The SMILES string of the molecule is C[C@@H]1CN(C(=O)[C@@](C)(O)C(F)(F)F)Cc2cnc(-c3ccc(F)cc3)n21. The van der Waals surface area contributed by atoms with Crippen molar-refractivity contribution in [3.8, 4) is 11.4 Å². The molecule has 1 aromatic carbocycles. The summed E-state index contributed by atoms with van der Waals surface area (Å²) in [7, 11) is 0. The molecule has 2 aromatic rings. The van der Waals surface area contributed by atoms with Gasteiger partial charge in [-0.3, -0.25) is 4.79 Å². The van der Waals surface area contributed by atoms with Gasteiger partial charge in [0, 0.05) is 12.1 Å². The maximum absolute atomic E-state index is 13.1. The van der Waals surface area contributed by atoms with Crippen molar-refractivity contribution in [3.63, 3.8) is 0 Å². The van der Waals surface area contributed by atoms with E-state index in [1.54, 1.807) is 23.6 Å². The van der Waals surface area contributed by atoms with Crippen LogP contribution in [0.25, 0.3) is 11.4 Å². The molecule has 0 bridgehead atoms. The first-order valence-electron chi connectivity index (χ1n) is 7.93. The van der Waals surface area contributed by atoms with Gasteiger partial charge in [0.1, 0.15) is 11.6 Å². The van der Waals surface area contributed by atoms with Crippen molar-refractivity contribution in [1.82, 2.24) is 14.5 Å². The van der Waals surface area contributed by atoms with Gasteiger partial charge in [-0.05, 0) is 38.1 Å². The molecule has 2 heterocycles. The maximum Gasteiger partial charge on any atom is 0.426 e. The third-order valence-electron chi connectivity index (χ3n) is 4.51. The molecule has 140 valence electrons. The molecule has 1 aliphatic heterocycles. The molecule has 3 rings (SSSR count). The van der Waals surface area contributed by atoms with Gasteiger partial charge in [0.2, 0.25) is 5.60 Å². The summed E-state index contributed by atoms with van der Waals surface area (Å²) < 4.78 is 53.7. The standard InChI is InChI=1S/C17H17F4N3O2/c1-10-8-23(15(25)16(2,26)17(19,20)21)9-13-7-22-14(24(10)13)11-3-5-12(18)6-4-11/h3-7,10,26H,8-9H2,1-2H3/t10-,16-/m1/s1. The fraction of sp³-hybridized carbons (Fsp3) is 0.412. The molecule has 9 heteroatoms. The number of benzene rings is 1. The predicted molar refractivity (Wildman–Crippen MR) is 84.4 cm³/mol. The van der Waals surface area contributed by atoms with Crippen LogP contribution in [0.1, 0.15) is 25.6 Å². The number of alkyl halides is 3. The fourth-order valence-corrected chi connectivity index (χ4v) is 3.06. The Labute approximate surface area is 146 Å². The van der Waals surface area contributed by atoms with Crippen molar-refractivity contribution in [2.75, 3.05) is 6.54 Å². The first kappa shape index (κ1) is 18.4. The number of hydrogen-bond donors (Lipinski definition) is 1. The second-order valence-corrected chi connectivity index (χ2v) is 6.55. The number of aliphatic hydroxyl groups is 1. The van der Waals surface area contributed by atoms with Crippen LogP contribution in [0.15, 0.2) is 30.5 Å². The molecule has 0 saturated carbocycles. The Kier molecular flexibility index (Phi) is 4.30. The van der Waals surface area contributed by atoms with E-state index in [0.717, 1.165) is 4.90 Å². The van der Waals surface area contributed by atoms with Gasteiger partial charge < -0.3 is 14.6 Å². The molecule has 0 fully saturated rings. The molecule has 0 spiro atoms. The molecule has 5 nitrogen and oxygen atoms in total. The molecule has 0 aliphatic carbocycles. The first-order valence-corrected chi connectivity index (χ1v) is 7.93. The van der Waals surface area contributed by atoms with Crippen molar-refractivity contribution in [2.45, 2.75) is 38.2 Å². The lowest BCUT2D eigenvalue weighted by Gasteiger charge is -2.37. The summed E-state index contributed by atoms with van der Waals surface area (Å²) in [5.41, 5.74) is -2.25. The van der Waals surface area contributed by atoms with Crippen molar-refractivity contribution in [2.24, 2.45) is 0 Å². The van der Waals surface area contributed by atoms with Crippen LogP contribution in [-0.2, 0) is 11.3 Å². The van der Waals surface area contributed by atoms with Crippen LogP contribution in [0, 0.1) is 5.82 Å². The largest absolute Gasteiger partial charge is 0.426 e. The lowest BCUT2D eigenvalue weighted by Crippen LogP contribution is -2.57. The molecule has 1 amide bonds. The van der Waals surface area contributed by atoms with Crippen molar-refractivity contribution >= 4 is 5.91 Å². The van der Waals surface area contributed by atoms with Gasteiger partial charge >= 0.3 is 6.18 Å². The van der Waals surface area contributed by atoms with E-state index in [9.17, 15) is 27.5 Å². The zero-order chi connectivity index (χ0) is 19.3. The number of amides is 1.